The summed E-state index contributed by atoms with van der Waals surface area (Å²) >= 11 is 18.8. The third kappa shape index (κ3) is 5.12. The monoisotopic (exact) mass is 495 g/mol. The van der Waals surface area contributed by atoms with E-state index in [1.807, 2.05) is 29.2 Å². The molecule has 1 unspecified atom stereocenters. The van der Waals surface area contributed by atoms with Crippen molar-refractivity contribution in [3.63, 3.8) is 0 Å². The molecule has 2 heterocycles. The Kier molecular flexibility index (Phi) is 7.40. The van der Waals surface area contributed by atoms with E-state index < -0.39 is 0 Å². The standard InChI is InChI=1S/C24H28Cl3N3O2/c1-16(2)23-15-32-24(31)30(23)12-10-28-9-11-29(21-8-7-19(26)13-20(21)27)22(14-28)17-3-5-18(25)6-4-17/h3-8,13,16,22-23H,9-12,14-15H2,1-2H3/t22?,23-/m1/s1. The molecule has 2 aromatic rings. The minimum Gasteiger partial charge on any atom is -0.447 e. The molecule has 2 saturated heterocycles. The molecule has 0 N–H and O–H groups in total. The molecular formula is C24H28Cl3N3O2. The van der Waals surface area contributed by atoms with E-state index in [9.17, 15) is 4.79 Å². The van der Waals surface area contributed by atoms with Gasteiger partial charge in [0.2, 0.25) is 0 Å². The lowest BCUT2D eigenvalue weighted by molar-refractivity contribution is 0.144. The second kappa shape index (κ2) is 10.1. The Morgan fingerprint density at radius 1 is 1.00 bits per heavy atom. The van der Waals surface area contributed by atoms with Gasteiger partial charge in [-0.15, -0.1) is 0 Å². The van der Waals surface area contributed by atoms with Gasteiger partial charge in [0.05, 0.1) is 22.8 Å². The lowest BCUT2D eigenvalue weighted by Gasteiger charge is -2.44. The van der Waals surface area contributed by atoms with Crippen LogP contribution in [0, 0.1) is 5.92 Å². The van der Waals surface area contributed by atoms with Crippen LogP contribution >= 0.6 is 34.8 Å². The number of hydrogen-bond acceptors (Lipinski definition) is 4. The molecule has 2 atom stereocenters. The van der Waals surface area contributed by atoms with Crippen molar-refractivity contribution in [2.45, 2.75) is 25.9 Å². The molecule has 0 aromatic heterocycles. The van der Waals surface area contributed by atoms with E-state index >= 15 is 0 Å². The summed E-state index contributed by atoms with van der Waals surface area (Å²) in [7, 11) is 0. The van der Waals surface area contributed by atoms with Crippen LogP contribution < -0.4 is 4.90 Å². The van der Waals surface area contributed by atoms with Gasteiger partial charge in [0.1, 0.15) is 6.61 Å². The molecule has 8 heteroatoms. The number of piperazine rings is 1. The van der Waals surface area contributed by atoms with Gasteiger partial charge in [-0.3, -0.25) is 4.90 Å². The molecule has 172 valence electrons. The van der Waals surface area contributed by atoms with Crippen molar-refractivity contribution in [1.29, 1.82) is 0 Å². The van der Waals surface area contributed by atoms with E-state index in [0.29, 0.717) is 34.1 Å². The van der Waals surface area contributed by atoms with Crippen LogP contribution in [0.3, 0.4) is 0 Å². The van der Waals surface area contributed by atoms with E-state index in [4.69, 9.17) is 39.5 Å². The molecule has 32 heavy (non-hydrogen) atoms. The topological polar surface area (TPSA) is 36.0 Å². The number of benzene rings is 2. The summed E-state index contributed by atoms with van der Waals surface area (Å²) in [5.74, 6) is 0.368. The van der Waals surface area contributed by atoms with Crippen LogP contribution in [0.1, 0.15) is 25.5 Å². The first-order valence-electron chi connectivity index (χ1n) is 11.0. The highest BCUT2D eigenvalue weighted by molar-refractivity contribution is 6.36. The van der Waals surface area contributed by atoms with Gasteiger partial charge < -0.3 is 14.5 Å². The quantitative estimate of drug-likeness (QED) is 0.492. The molecule has 2 fully saturated rings. The summed E-state index contributed by atoms with van der Waals surface area (Å²) in [5.41, 5.74) is 2.14. The van der Waals surface area contributed by atoms with Crippen LogP contribution in [0.25, 0.3) is 0 Å². The Labute approximate surface area is 204 Å². The summed E-state index contributed by atoms with van der Waals surface area (Å²) in [5, 5.41) is 1.98. The predicted molar refractivity (Wildman–Crippen MR) is 131 cm³/mol. The molecule has 0 radical (unpaired) electrons. The van der Waals surface area contributed by atoms with Crippen molar-refractivity contribution >= 4 is 46.6 Å². The zero-order valence-electron chi connectivity index (χ0n) is 18.3. The summed E-state index contributed by atoms with van der Waals surface area (Å²) in [6, 6.07) is 13.9. The fourth-order valence-corrected chi connectivity index (χ4v) is 5.18. The molecule has 4 rings (SSSR count). The van der Waals surface area contributed by atoms with E-state index in [2.05, 4.69) is 35.8 Å². The molecule has 2 aliphatic rings. The van der Waals surface area contributed by atoms with E-state index in [-0.39, 0.29) is 18.2 Å². The van der Waals surface area contributed by atoms with E-state index in [0.717, 1.165) is 31.9 Å². The minimum absolute atomic E-state index is 0.103. The Balaban J connectivity index is 1.52. The number of anilines is 1. The summed E-state index contributed by atoms with van der Waals surface area (Å²) in [6.45, 7) is 8.70. The molecule has 0 aliphatic carbocycles. The Morgan fingerprint density at radius 2 is 1.72 bits per heavy atom. The molecule has 0 bridgehead atoms. The van der Waals surface area contributed by atoms with Gasteiger partial charge in [-0.25, -0.2) is 4.79 Å². The molecule has 0 saturated carbocycles. The van der Waals surface area contributed by atoms with Gasteiger partial charge >= 0.3 is 6.09 Å². The van der Waals surface area contributed by atoms with Crippen LogP contribution in [0.5, 0.6) is 0 Å². The van der Waals surface area contributed by atoms with Crippen molar-refractivity contribution < 1.29 is 9.53 Å². The van der Waals surface area contributed by atoms with Crippen LogP contribution in [-0.2, 0) is 4.74 Å². The van der Waals surface area contributed by atoms with Crippen LogP contribution in [-0.4, -0.2) is 61.3 Å². The third-order valence-electron chi connectivity index (χ3n) is 6.38. The van der Waals surface area contributed by atoms with Crippen LogP contribution in [0.2, 0.25) is 15.1 Å². The van der Waals surface area contributed by atoms with Crippen molar-refractivity contribution in [1.82, 2.24) is 9.80 Å². The predicted octanol–water partition coefficient (Wildman–Crippen LogP) is 5.99. The summed E-state index contributed by atoms with van der Waals surface area (Å²) in [4.78, 5) is 18.8. The largest absolute Gasteiger partial charge is 0.447 e. The zero-order chi connectivity index (χ0) is 22.8. The lowest BCUT2D eigenvalue weighted by atomic mass is 10.0. The number of hydrogen-bond donors (Lipinski definition) is 0. The SMILES string of the molecule is CC(C)[C@H]1COC(=O)N1CCN1CCN(c2ccc(Cl)cc2Cl)C(c2ccc(Cl)cc2)C1. The molecule has 2 aliphatic heterocycles. The van der Waals surface area contributed by atoms with Gasteiger partial charge in [-0.2, -0.15) is 0 Å². The fraction of sp³-hybridized carbons (Fsp3) is 0.458. The number of rotatable bonds is 6. The minimum atomic E-state index is -0.204. The van der Waals surface area contributed by atoms with Crippen molar-refractivity contribution in [2.24, 2.45) is 5.92 Å². The highest BCUT2D eigenvalue weighted by Gasteiger charge is 2.36. The lowest BCUT2D eigenvalue weighted by Crippen LogP contribution is -2.51. The van der Waals surface area contributed by atoms with Crippen LogP contribution in [0.4, 0.5) is 10.5 Å². The first-order chi connectivity index (χ1) is 15.3. The maximum Gasteiger partial charge on any atom is 0.410 e. The van der Waals surface area contributed by atoms with Gasteiger partial charge in [0, 0.05) is 42.8 Å². The summed E-state index contributed by atoms with van der Waals surface area (Å²) < 4.78 is 5.30. The first-order valence-corrected chi connectivity index (χ1v) is 12.1. The Hall–Kier alpha value is -1.66. The molecular weight excluding hydrogens is 469 g/mol. The number of nitrogens with zero attached hydrogens (tertiary/aromatic N) is 3. The molecule has 0 spiro atoms. The third-order valence-corrected chi connectivity index (χ3v) is 7.17. The highest BCUT2D eigenvalue weighted by Crippen LogP contribution is 2.36. The zero-order valence-corrected chi connectivity index (χ0v) is 20.6. The number of halogens is 3. The number of carbonyl (C=O) groups is 1. The van der Waals surface area contributed by atoms with Gasteiger partial charge in [-0.1, -0.05) is 60.8 Å². The number of cyclic esters (lactones) is 1. The van der Waals surface area contributed by atoms with Crippen molar-refractivity contribution in [2.75, 3.05) is 44.2 Å². The van der Waals surface area contributed by atoms with Crippen LogP contribution in [0.15, 0.2) is 42.5 Å². The molecule has 1 amide bonds. The maximum absolute atomic E-state index is 12.2. The smallest absolute Gasteiger partial charge is 0.410 e. The summed E-state index contributed by atoms with van der Waals surface area (Å²) in [6.07, 6.45) is -0.204. The number of ether oxygens (including phenoxy) is 1. The Bertz CT molecular complexity index is 954. The molecule has 5 nitrogen and oxygen atoms in total. The van der Waals surface area contributed by atoms with Gasteiger partial charge in [0.15, 0.2) is 0 Å². The maximum atomic E-state index is 12.2. The highest BCUT2D eigenvalue weighted by atomic mass is 35.5. The average Bonchev–Trinajstić information content (AvgIpc) is 3.14. The number of amides is 1. The fourth-order valence-electron chi connectivity index (χ4n) is 4.54. The average molecular weight is 497 g/mol. The van der Waals surface area contributed by atoms with Crippen molar-refractivity contribution in [3.05, 3.63) is 63.1 Å². The van der Waals surface area contributed by atoms with Gasteiger partial charge in [0.25, 0.3) is 0 Å². The second-order valence-electron chi connectivity index (χ2n) is 8.74. The normalized spacial score (nSPS) is 22.0. The van der Waals surface area contributed by atoms with Crippen molar-refractivity contribution in [3.8, 4) is 0 Å². The van der Waals surface area contributed by atoms with E-state index in [1.165, 1.54) is 5.56 Å². The second-order valence-corrected chi connectivity index (χ2v) is 10.0. The first kappa shape index (κ1) is 23.5. The molecule has 2 aromatic carbocycles. The Morgan fingerprint density at radius 3 is 2.41 bits per heavy atom. The number of carbonyl (C=O) groups excluding carboxylic acids is 1. The van der Waals surface area contributed by atoms with E-state index in [1.54, 1.807) is 6.07 Å². The van der Waals surface area contributed by atoms with Gasteiger partial charge in [-0.05, 0) is 41.8 Å².